The summed E-state index contributed by atoms with van der Waals surface area (Å²) in [5.41, 5.74) is 1.99. The van der Waals surface area contributed by atoms with Gasteiger partial charge < -0.3 is 9.64 Å². The first-order valence-corrected chi connectivity index (χ1v) is 5.75. The summed E-state index contributed by atoms with van der Waals surface area (Å²) in [5, 5.41) is 9.02. The molecule has 0 radical (unpaired) electrons. The van der Waals surface area contributed by atoms with E-state index in [0.717, 1.165) is 17.0 Å². The number of hydrogen-bond acceptors (Lipinski definition) is 5. The highest BCUT2D eigenvalue weighted by Crippen LogP contribution is 2.22. The van der Waals surface area contributed by atoms with Crippen LogP contribution in [0, 0.1) is 11.3 Å². The maximum atomic E-state index is 9.02. The Labute approximate surface area is 112 Å². The summed E-state index contributed by atoms with van der Waals surface area (Å²) in [6.07, 6.45) is 0. The van der Waals surface area contributed by atoms with Crippen LogP contribution in [-0.2, 0) is 0 Å². The number of hydrogen-bond donors (Lipinski definition) is 0. The van der Waals surface area contributed by atoms with E-state index >= 15 is 0 Å². The van der Waals surface area contributed by atoms with Gasteiger partial charge in [0.25, 0.3) is 0 Å². The van der Waals surface area contributed by atoms with Crippen molar-refractivity contribution in [1.82, 2.24) is 9.97 Å². The topological polar surface area (TPSA) is 62.0 Å². The molecule has 2 aromatic rings. The molecular weight excluding hydrogens is 240 g/mol. The number of nitriles is 1. The second kappa shape index (κ2) is 5.36. The van der Waals surface area contributed by atoms with Crippen LogP contribution >= 0.6 is 0 Å². The highest BCUT2D eigenvalue weighted by Gasteiger charge is 2.08. The van der Waals surface area contributed by atoms with E-state index in [9.17, 15) is 0 Å². The molecule has 0 aliphatic heterocycles. The molecule has 19 heavy (non-hydrogen) atoms. The molecule has 5 nitrogen and oxygen atoms in total. The first kappa shape index (κ1) is 12.8. The van der Waals surface area contributed by atoms with Crippen molar-refractivity contribution in [2.24, 2.45) is 0 Å². The first-order valence-electron chi connectivity index (χ1n) is 5.75. The second-order valence-corrected chi connectivity index (χ2v) is 4.17. The normalized spacial score (nSPS) is 9.79. The molecule has 0 amide bonds. The molecule has 5 heteroatoms. The molecule has 2 rings (SSSR count). The van der Waals surface area contributed by atoms with Crippen LogP contribution in [-0.4, -0.2) is 31.2 Å². The molecule has 1 heterocycles. The molecule has 0 saturated heterocycles. The number of rotatable bonds is 3. The molecular formula is C14H14N4O. The van der Waals surface area contributed by atoms with Crippen LogP contribution in [0.3, 0.4) is 0 Å². The molecule has 0 saturated carbocycles. The molecule has 1 aromatic carbocycles. The molecule has 0 bridgehead atoms. The van der Waals surface area contributed by atoms with Gasteiger partial charge in [0.2, 0.25) is 5.95 Å². The van der Waals surface area contributed by atoms with E-state index in [2.05, 4.69) is 16.0 Å². The van der Waals surface area contributed by atoms with Crippen molar-refractivity contribution in [1.29, 1.82) is 5.26 Å². The van der Waals surface area contributed by atoms with Gasteiger partial charge in [-0.1, -0.05) is 0 Å². The Morgan fingerprint density at radius 3 is 2.37 bits per heavy atom. The maximum Gasteiger partial charge on any atom is 0.226 e. The van der Waals surface area contributed by atoms with Gasteiger partial charge in [-0.25, -0.2) is 9.97 Å². The average Bonchev–Trinajstić information content (AvgIpc) is 2.46. The van der Waals surface area contributed by atoms with Crippen LogP contribution in [0.25, 0.3) is 11.3 Å². The quantitative estimate of drug-likeness (QED) is 0.839. The third-order valence-corrected chi connectivity index (χ3v) is 2.61. The minimum atomic E-state index is 0.351. The van der Waals surface area contributed by atoms with Crippen LogP contribution in [0.4, 0.5) is 5.95 Å². The Hall–Kier alpha value is -2.61. The number of aromatic nitrogens is 2. The molecule has 0 N–H and O–H groups in total. The predicted octanol–water partition coefficient (Wildman–Crippen LogP) is 2.09. The van der Waals surface area contributed by atoms with E-state index in [1.165, 1.54) is 0 Å². The SMILES string of the molecule is COc1ccc(-c2cc(C#N)nc(N(C)C)n2)cc1. The molecule has 0 aliphatic carbocycles. The Kier molecular flexibility index (Phi) is 3.62. The van der Waals surface area contributed by atoms with E-state index in [-0.39, 0.29) is 0 Å². The van der Waals surface area contributed by atoms with Crippen molar-refractivity contribution < 1.29 is 4.74 Å². The van der Waals surface area contributed by atoms with Crippen LogP contribution in [0.5, 0.6) is 5.75 Å². The zero-order valence-electron chi connectivity index (χ0n) is 11.1. The first-order chi connectivity index (χ1) is 9.13. The lowest BCUT2D eigenvalue weighted by molar-refractivity contribution is 0.415. The lowest BCUT2D eigenvalue weighted by Gasteiger charge is -2.11. The summed E-state index contributed by atoms with van der Waals surface area (Å²) in [4.78, 5) is 10.3. The second-order valence-electron chi connectivity index (χ2n) is 4.17. The fourth-order valence-corrected chi connectivity index (χ4v) is 1.60. The van der Waals surface area contributed by atoms with E-state index in [0.29, 0.717) is 11.6 Å². The summed E-state index contributed by atoms with van der Waals surface area (Å²) in [5.74, 6) is 1.30. The molecule has 96 valence electrons. The van der Waals surface area contributed by atoms with Crippen molar-refractivity contribution in [2.75, 3.05) is 26.1 Å². The van der Waals surface area contributed by atoms with Crippen molar-refractivity contribution in [2.45, 2.75) is 0 Å². The van der Waals surface area contributed by atoms with E-state index in [4.69, 9.17) is 10.00 Å². The number of anilines is 1. The van der Waals surface area contributed by atoms with Crippen LogP contribution in [0.2, 0.25) is 0 Å². The Bertz CT molecular complexity index is 614. The van der Waals surface area contributed by atoms with Gasteiger partial charge in [-0.3, -0.25) is 0 Å². The third-order valence-electron chi connectivity index (χ3n) is 2.61. The molecule has 0 aliphatic rings. The van der Waals surface area contributed by atoms with Gasteiger partial charge >= 0.3 is 0 Å². The molecule has 1 aromatic heterocycles. The van der Waals surface area contributed by atoms with Gasteiger partial charge in [-0.05, 0) is 24.3 Å². The lowest BCUT2D eigenvalue weighted by atomic mass is 10.1. The van der Waals surface area contributed by atoms with Crippen molar-refractivity contribution >= 4 is 5.95 Å². The van der Waals surface area contributed by atoms with Gasteiger partial charge in [0, 0.05) is 25.7 Å². The Morgan fingerprint density at radius 2 is 1.84 bits per heavy atom. The molecule has 0 atom stereocenters. The summed E-state index contributed by atoms with van der Waals surface area (Å²) in [7, 11) is 5.31. The fraction of sp³-hybridized carbons (Fsp3) is 0.214. The lowest BCUT2D eigenvalue weighted by Crippen LogP contribution is -2.13. The fourth-order valence-electron chi connectivity index (χ4n) is 1.60. The zero-order chi connectivity index (χ0) is 13.8. The molecule has 0 fully saturated rings. The minimum Gasteiger partial charge on any atom is -0.497 e. The van der Waals surface area contributed by atoms with E-state index in [1.54, 1.807) is 18.1 Å². The summed E-state index contributed by atoms with van der Waals surface area (Å²) in [6, 6.07) is 11.3. The summed E-state index contributed by atoms with van der Waals surface area (Å²) < 4.78 is 5.12. The number of benzene rings is 1. The zero-order valence-corrected chi connectivity index (χ0v) is 11.1. The number of methoxy groups -OCH3 is 1. The largest absolute Gasteiger partial charge is 0.497 e. The van der Waals surface area contributed by atoms with Crippen LogP contribution < -0.4 is 9.64 Å². The average molecular weight is 254 g/mol. The Balaban J connectivity index is 2.48. The third kappa shape index (κ3) is 2.80. The van der Waals surface area contributed by atoms with Gasteiger partial charge in [-0.15, -0.1) is 0 Å². The highest BCUT2D eigenvalue weighted by molar-refractivity contribution is 5.62. The van der Waals surface area contributed by atoms with Crippen LogP contribution in [0.15, 0.2) is 30.3 Å². The van der Waals surface area contributed by atoms with E-state index in [1.807, 2.05) is 38.4 Å². The minimum absolute atomic E-state index is 0.351. The van der Waals surface area contributed by atoms with Gasteiger partial charge in [-0.2, -0.15) is 5.26 Å². The van der Waals surface area contributed by atoms with Gasteiger partial charge in [0.15, 0.2) is 0 Å². The highest BCUT2D eigenvalue weighted by atomic mass is 16.5. The van der Waals surface area contributed by atoms with Crippen molar-refractivity contribution in [3.05, 3.63) is 36.0 Å². The van der Waals surface area contributed by atoms with Crippen molar-refractivity contribution in [3.8, 4) is 23.1 Å². The van der Waals surface area contributed by atoms with Gasteiger partial charge in [0.1, 0.15) is 17.5 Å². The smallest absolute Gasteiger partial charge is 0.226 e. The summed E-state index contributed by atoms with van der Waals surface area (Å²) >= 11 is 0. The van der Waals surface area contributed by atoms with E-state index < -0.39 is 0 Å². The predicted molar refractivity (Wildman–Crippen MR) is 73.1 cm³/mol. The number of ether oxygens (including phenoxy) is 1. The molecule has 0 spiro atoms. The monoisotopic (exact) mass is 254 g/mol. The molecule has 0 unspecified atom stereocenters. The maximum absolute atomic E-state index is 9.02. The summed E-state index contributed by atoms with van der Waals surface area (Å²) in [6.45, 7) is 0. The van der Waals surface area contributed by atoms with Crippen LogP contribution in [0.1, 0.15) is 5.69 Å². The standard InChI is InChI=1S/C14H14N4O/c1-18(2)14-16-11(9-15)8-13(17-14)10-4-6-12(19-3)7-5-10/h4-8H,1-3H3. The van der Waals surface area contributed by atoms with Gasteiger partial charge in [0.05, 0.1) is 12.8 Å². The Morgan fingerprint density at radius 1 is 1.16 bits per heavy atom. The van der Waals surface area contributed by atoms with Crippen molar-refractivity contribution in [3.63, 3.8) is 0 Å². The number of nitrogens with zero attached hydrogens (tertiary/aromatic N) is 4.